The van der Waals surface area contributed by atoms with Gasteiger partial charge in [-0.25, -0.2) is 4.79 Å². The summed E-state index contributed by atoms with van der Waals surface area (Å²) in [6.07, 6.45) is 4.94. The standard InChI is InChI=1S/C16H23N3O3/c1-11(15(20)19-16(21)17-2)18-12-6-5-9-14(10-12)22-13-7-3-4-8-13/h5-6,9-11,13,18H,3-4,7-8H2,1-2H3,(H2,17,19,20,21). The van der Waals surface area contributed by atoms with E-state index in [9.17, 15) is 9.59 Å². The molecule has 0 saturated heterocycles. The molecule has 1 unspecified atom stereocenters. The van der Waals surface area contributed by atoms with Crippen LogP contribution >= 0.6 is 0 Å². The van der Waals surface area contributed by atoms with Crippen molar-refractivity contribution in [3.63, 3.8) is 0 Å². The Morgan fingerprint density at radius 2 is 2.00 bits per heavy atom. The van der Waals surface area contributed by atoms with Crippen LogP contribution in [0.1, 0.15) is 32.6 Å². The van der Waals surface area contributed by atoms with Crippen molar-refractivity contribution in [1.82, 2.24) is 10.6 Å². The third-order valence-electron chi connectivity index (χ3n) is 3.68. The maximum atomic E-state index is 11.8. The van der Waals surface area contributed by atoms with E-state index in [-0.39, 0.29) is 5.91 Å². The summed E-state index contributed by atoms with van der Waals surface area (Å²) in [5.74, 6) is 0.414. The lowest BCUT2D eigenvalue weighted by molar-refractivity contribution is -0.120. The predicted octanol–water partition coefficient (Wildman–Crippen LogP) is 2.26. The minimum absolute atomic E-state index is 0.296. The Morgan fingerprint density at radius 1 is 1.27 bits per heavy atom. The lowest BCUT2D eigenvalue weighted by Crippen LogP contribution is -2.44. The van der Waals surface area contributed by atoms with Gasteiger partial charge in [-0.3, -0.25) is 10.1 Å². The van der Waals surface area contributed by atoms with E-state index in [1.807, 2.05) is 24.3 Å². The molecule has 3 N–H and O–H groups in total. The lowest BCUT2D eigenvalue weighted by atomic mass is 10.2. The number of imide groups is 1. The van der Waals surface area contributed by atoms with Crippen LogP contribution < -0.4 is 20.7 Å². The molecule has 0 spiro atoms. The first-order valence-electron chi connectivity index (χ1n) is 7.64. The van der Waals surface area contributed by atoms with E-state index in [1.165, 1.54) is 19.9 Å². The number of carbonyl (C=O) groups is 2. The van der Waals surface area contributed by atoms with Crippen molar-refractivity contribution in [2.75, 3.05) is 12.4 Å². The molecule has 0 radical (unpaired) electrons. The fourth-order valence-electron chi connectivity index (χ4n) is 2.46. The van der Waals surface area contributed by atoms with E-state index in [4.69, 9.17) is 4.74 Å². The Labute approximate surface area is 130 Å². The Balaban J connectivity index is 1.91. The summed E-state index contributed by atoms with van der Waals surface area (Å²) in [5.41, 5.74) is 0.787. The highest BCUT2D eigenvalue weighted by Crippen LogP contribution is 2.25. The largest absolute Gasteiger partial charge is 0.490 e. The minimum atomic E-state index is -0.529. The Bertz CT molecular complexity index is 527. The molecule has 1 aromatic carbocycles. The van der Waals surface area contributed by atoms with Crippen molar-refractivity contribution in [1.29, 1.82) is 0 Å². The monoisotopic (exact) mass is 305 g/mol. The second-order valence-electron chi connectivity index (χ2n) is 5.49. The molecule has 1 fully saturated rings. The number of anilines is 1. The number of hydrogen-bond acceptors (Lipinski definition) is 4. The summed E-state index contributed by atoms with van der Waals surface area (Å²) in [7, 11) is 1.46. The molecule has 22 heavy (non-hydrogen) atoms. The van der Waals surface area contributed by atoms with E-state index in [0.29, 0.717) is 6.10 Å². The molecule has 0 bridgehead atoms. The van der Waals surface area contributed by atoms with Gasteiger partial charge in [0.05, 0.1) is 6.10 Å². The molecular formula is C16H23N3O3. The SMILES string of the molecule is CNC(=O)NC(=O)C(C)Nc1cccc(OC2CCCC2)c1. The van der Waals surface area contributed by atoms with Crippen molar-refractivity contribution in [3.8, 4) is 5.75 Å². The summed E-state index contributed by atoms with van der Waals surface area (Å²) < 4.78 is 5.94. The van der Waals surface area contributed by atoms with Crippen LogP contribution in [-0.4, -0.2) is 31.1 Å². The second-order valence-corrected chi connectivity index (χ2v) is 5.49. The number of amides is 3. The molecule has 1 aromatic rings. The summed E-state index contributed by atoms with van der Waals surface area (Å²) in [4.78, 5) is 23.0. The second kappa shape index (κ2) is 7.68. The number of rotatable bonds is 5. The molecule has 6 heteroatoms. The fraction of sp³-hybridized carbons (Fsp3) is 0.500. The smallest absolute Gasteiger partial charge is 0.321 e. The minimum Gasteiger partial charge on any atom is -0.490 e. The Kier molecular flexibility index (Phi) is 5.63. The molecule has 2 rings (SSSR count). The van der Waals surface area contributed by atoms with Crippen molar-refractivity contribution >= 4 is 17.6 Å². The molecule has 0 aromatic heterocycles. The van der Waals surface area contributed by atoms with Crippen LogP contribution in [0.4, 0.5) is 10.5 Å². The number of urea groups is 1. The van der Waals surface area contributed by atoms with E-state index in [2.05, 4.69) is 16.0 Å². The molecule has 1 aliphatic rings. The first-order chi connectivity index (χ1) is 10.6. The molecule has 1 aliphatic carbocycles. The average molecular weight is 305 g/mol. The Morgan fingerprint density at radius 3 is 2.68 bits per heavy atom. The summed E-state index contributed by atoms with van der Waals surface area (Å²) in [5, 5.41) is 7.65. The van der Waals surface area contributed by atoms with Crippen LogP contribution in [0.15, 0.2) is 24.3 Å². The first-order valence-corrected chi connectivity index (χ1v) is 7.64. The average Bonchev–Trinajstić information content (AvgIpc) is 3.00. The predicted molar refractivity (Wildman–Crippen MR) is 85.0 cm³/mol. The van der Waals surface area contributed by atoms with Gasteiger partial charge in [-0.2, -0.15) is 0 Å². The van der Waals surface area contributed by atoms with Gasteiger partial charge in [-0.05, 0) is 44.7 Å². The van der Waals surface area contributed by atoms with Crippen LogP contribution in [0.5, 0.6) is 5.75 Å². The van der Waals surface area contributed by atoms with Gasteiger partial charge in [0, 0.05) is 18.8 Å². The van der Waals surface area contributed by atoms with Crippen LogP contribution in [0, 0.1) is 0 Å². The zero-order chi connectivity index (χ0) is 15.9. The van der Waals surface area contributed by atoms with Crippen molar-refractivity contribution in [2.24, 2.45) is 0 Å². The maximum absolute atomic E-state index is 11.8. The van der Waals surface area contributed by atoms with Crippen molar-refractivity contribution < 1.29 is 14.3 Å². The fourth-order valence-corrected chi connectivity index (χ4v) is 2.46. The number of hydrogen-bond donors (Lipinski definition) is 3. The van der Waals surface area contributed by atoms with Crippen molar-refractivity contribution in [2.45, 2.75) is 44.8 Å². The highest BCUT2D eigenvalue weighted by Gasteiger charge is 2.17. The van der Waals surface area contributed by atoms with Gasteiger partial charge in [-0.15, -0.1) is 0 Å². The molecule has 0 aliphatic heterocycles. The van der Waals surface area contributed by atoms with Gasteiger partial charge < -0.3 is 15.4 Å². The zero-order valence-corrected chi connectivity index (χ0v) is 13.0. The topological polar surface area (TPSA) is 79.5 Å². The highest BCUT2D eigenvalue weighted by atomic mass is 16.5. The summed E-state index contributed by atoms with van der Waals surface area (Å²) in [6.45, 7) is 1.70. The molecular weight excluding hydrogens is 282 g/mol. The normalized spacial score (nSPS) is 15.9. The van der Waals surface area contributed by atoms with Gasteiger partial charge in [0.15, 0.2) is 0 Å². The van der Waals surface area contributed by atoms with E-state index < -0.39 is 12.1 Å². The van der Waals surface area contributed by atoms with Crippen molar-refractivity contribution in [3.05, 3.63) is 24.3 Å². The number of carbonyl (C=O) groups excluding carboxylic acids is 2. The highest BCUT2D eigenvalue weighted by molar-refractivity contribution is 5.97. The molecule has 1 atom stereocenters. The van der Waals surface area contributed by atoms with Crippen LogP contribution in [0.2, 0.25) is 0 Å². The lowest BCUT2D eigenvalue weighted by Gasteiger charge is -2.17. The third kappa shape index (κ3) is 4.65. The summed E-state index contributed by atoms with van der Waals surface area (Å²) >= 11 is 0. The summed E-state index contributed by atoms with van der Waals surface area (Å²) in [6, 6.07) is 6.50. The van der Waals surface area contributed by atoms with Gasteiger partial charge in [0.2, 0.25) is 5.91 Å². The van der Waals surface area contributed by atoms with Crippen LogP contribution in [0.3, 0.4) is 0 Å². The molecule has 1 saturated carbocycles. The van der Waals surface area contributed by atoms with Gasteiger partial charge in [0.1, 0.15) is 11.8 Å². The number of benzene rings is 1. The van der Waals surface area contributed by atoms with Gasteiger partial charge >= 0.3 is 6.03 Å². The van der Waals surface area contributed by atoms with E-state index >= 15 is 0 Å². The Hall–Kier alpha value is -2.24. The first kappa shape index (κ1) is 16.1. The molecule has 3 amide bonds. The maximum Gasteiger partial charge on any atom is 0.321 e. The number of nitrogens with one attached hydrogen (secondary N) is 3. The number of ether oxygens (including phenoxy) is 1. The quantitative estimate of drug-likeness (QED) is 0.779. The van der Waals surface area contributed by atoms with E-state index in [0.717, 1.165) is 24.3 Å². The van der Waals surface area contributed by atoms with Gasteiger partial charge in [0.25, 0.3) is 0 Å². The zero-order valence-electron chi connectivity index (χ0n) is 13.0. The van der Waals surface area contributed by atoms with E-state index in [1.54, 1.807) is 6.92 Å². The third-order valence-corrected chi connectivity index (χ3v) is 3.68. The molecule has 0 heterocycles. The molecule has 6 nitrogen and oxygen atoms in total. The van der Waals surface area contributed by atoms with Gasteiger partial charge in [-0.1, -0.05) is 6.07 Å². The van der Waals surface area contributed by atoms with Crippen LogP contribution in [0.25, 0.3) is 0 Å². The molecule has 120 valence electrons. The van der Waals surface area contributed by atoms with Crippen LogP contribution in [-0.2, 0) is 4.79 Å².